The van der Waals surface area contributed by atoms with Crippen molar-refractivity contribution in [2.75, 3.05) is 5.32 Å². The fourth-order valence-corrected chi connectivity index (χ4v) is 3.25. The summed E-state index contributed by atoms with van der Waals surface area (Å²) in [5.74, 6) is -1.10. The van der Waals surface area contributed by atoms with Crippen LogP contribution in [0.4, 0.5) is 25.2 Å². The Kier molecular flexibility index (Phi) is 3.64. The van der Waals surface area contributed by atoms with Crippen LogP contribution in [0.2, 0.25) is 0 Å². The molecule has 0 saturated carbocycles. The maximum Gasteiger partial charge on any atom is 0.292 e. The predicted octanol–water partition coefficient (Wildman–Crippen LogP) is 4.70. The Labute approximate surface area is 132 Å². The molecule has 0 bridgehead atoms. The highest BCUT2D eigenvalue weighted by Crippen LogP contribution is 2.39. The van der Waals surface area contributed by atoms with E-state index in [1.54, 1.807) is 0 Å². The van der Waals surface area contributed by atoms with Gasteiger partial charge in [-0.2, -0.15) is 5.26 Å². The fraction of sp³-hybridized carbons (Fsp3) is 0. The minimum atomic E-state index is -0.652. The van der Waals surface area contributed by atoms with Crippen molar-refractivity contribution in [3.63, 3.8) is 0 Å². The summed E-state index contributed by atoms with van der Waals surface area (Å²) in [7, 11) is 0. The smallest absolute Gasteiger partial charge is 0.292 e. The van der Waals surface area contributed by atoms with Gasteiger partial charge in [0.1, 0.15) is 28.4 Å². The van der Waals surface area contributed by atoms with Gasteiger partial charge in [-0.3, -0.25) is 10.1 Å². The number of nitro groups is 1. The lowest BCUT2D eigenvalue weighted by molar-refractivity contribution is -0.384. The zero-order chi connectivity index (χ0) is 16.6. The standard InChI is InChI=1S/C15H7F2N3O2S/c16-8-2-4-13(20(21)22)12(5-8)19-15-11(7-18)10-3-1-9(17)6-14(10)23-15/h1-6,19H. The van der Waals surface area contributed by atoms with E-state index >= 15 is 0 Å². The van der Waals surface area contributed by atoms with Gasteiger partial charge in [-0.1, -0.05) is 0 Å². The Bertz CT molecular complexity index is 979. The molecule has 1 aromatic heterocycles. The number of anilines is 2. The monoisotopic (exact) mass is 331 g/mol. The van der Waals surface area contributed by atoms with E-state index in [-0.39, 0.29) is 16.9 Å². The van der Waals surface area contributed by atoms with Gasteiger partial charge in [0.15, 0.2) is 0 Å². The van der Waals surface area contributed by atoms with Crippen LogP contribution in [0.5, 0.6) is 0 Å². The minimum Gasteiger partial charge on any atom is -0.340 e. The molecule has 0 amide bonds. The Morgan fingerprint density at radius 1 is 1.17 bits per heavy atom. The summed E-state index contributed by atoms with van der Waals surface area (Å²) in [5, 5.41) is 23.9. The summed E-state index contributed by atoms with van der Waals surface area (Å²) in [5.41, 5.74) is -0.166. The summed E-state index contributed by atoms with van der Waals surface area (Å²) in [4.78, 5) is 10.4. The molecule has 0 aliphatic rings. The number of thiophene rings is 1. The van der Waals surface area contributed by atoms with Crippen molar-refractivity contribution in [1.82, 2.24) is 0 Å². The molecule has 114 valence electrons. The molecule has 0 fully saturated rings. The zero-order valence-corrected chi connectivity index (χ0v) is 12.2. The average molecular weight is 331 g/mol. The van der Waals surface area contributed by atoms with Crippen LogP contribution in [0, 0.1) is 33.1 Å². The van der Waals surface area contributed by atoms with Gasteiger partial charge >= 0.3 is 0 Å². The third-order valence-electron chi connectivity index (χ3n) is 3.17. The van der Waals surface area contributed by atoms with Gasteiger partial charge in [0, 0.05) is 22.2 Å². The molecule has 2 aromatic carbocycles. The Morgan fingerprint density at radius 2 is 1.87 bits per heavy atom. The first kappa shape index (κ1) is 14.9. The first-order valence-corrected chi connectivity index (χ1v) is 7.14. The van der Waals surface area contributed by atoms with Gasteiger partial charge in [0.25, 0.3) is 5.69 Å². The van der Waals surface area contributed by atoms with Crippen molar-refractivity contribution in [3.8, 4) is 6.07 Å². The molecule has 23 heavy (non-hydrogen) atoms. The second-order valence-electron chi connectivity index (χ2n) is 4.60. The lowest BCUT2D eigenvalue weighted by Gasteiger charge is -2.05. The number of nitro benzene ring substituents is 1. The van der Waals surface area contributed by atoms with Crippen molar-refractivity contribution in [3.05, 3.63) is 63.7 Å². The van der Waals surface area contributed by atoms with Crippen LogP contribution < -0.4 is 5.32 Å². The van der Waals surface area contributed by atoms with Gasteiger partial charge < -0.3 is 5.32 Å². The lowest BCUT2D eigenvalue weighted by atomic mass is 10.2. The fourth-order valence-electron chi connectivity index (χ4n) is 2.16. The first-order valence-electron chi connectivity index (χ1n) is 6.32. The number of rotatable bonds is 3. The van der Waals surface area contributed by atoms with Crippen LogP contribution in [0.15, 0.2) is 36.4 Å². The van der Waals surface area contributed by atoms with Crippen molar-refractivity contribution in [2.24, 2.45) is 0 Å². The van der Waals surface area contributed by atoms with Crippen LogP contribution in [0.3, 0.4) is 0 Å². The highest BCUT2D eigenvalue weighted by molar-refractivity contribution is 7.23. The van der Waals surface area contributed by atoms with Gasteiger partial charge in [0.05, 0.1) is 10.5 Å². The number of hydrogen-bond donors (Lipinski definition) is 1. The lowest BCUT2D eigenvalue weighted by Crippen LogP contribution is -1.97. The number of hydrogen-bond acceptors (Lipinski definition) is 5. The SMILES string of the molecule is N#Cc1c(Nc2cc(F)ccc2[N+](=O)[O-])sc2cc(F)ccc12. The molecular formula is C15H7F2N3O2S. The van der Waals surface area contributed by atoms with Crippen LogP contribution in [0.1, 0.15) is 5.56 Å². The highest BCUT2D eigenvalue weighted by Gasteiger charge is 2.18. The zero-order valence-electron chi connectivity index (χ0n) is 11.3. The van der Waals surface area contributed by atoms with Gasteiger partial charge in [0.2, 0.25) is 0 Å². The van der Waals surface area contributed by atoms with Crippen LogP contribution in [0.25, 0.3) is 10.1 Å². The first-order chi connectivity index (χ1) is 11.0. The van der Waals surface area contributed by atoms with E-state index in [2.05, 4.69) is 5.32 Å². The highest BCUT2D eigenvalue weighted by atomic mass is 32.1. The normalized spacial score (nSPS) is 10.5. The molecule has 1 N–H and O–H groups in total. The predicted molar refractivity (Wildman–Crippen MR) is 82.8 cm³/mol. The molecule has 3 aromatic rings. The van der Waals surface area contributed by atoms with Gasteiger partial charge in [-0.05, 0) is 24.3 Å². The molecule has 0 radical (unpaired) electrons. The number of nitriles is 1. The van der Waals surface area contributed by atoms with Crippen LogP contribution in [-0.2, 0) is 0 Å². The molecule has 0 aliphatic heterocycles. The summed E-state index contributed by atoms with van der Waals surface area (Å²) in [6.45, 7) is 0. The Hall–Kier alpha value is -3.05. The van der Waals surface area contributed by atoms with E-state index in [1.165, 1.54) is 18.2 Å². The number of fused-ring (bicyclic) bond motifs is 1. The minimum absolute atomic E-state index is 0.0708. The Morgan fingerprint density at radius 3 is 2.57 bits per heavy atom. The van der Waals surface area contributed by atoms with Crippen LogP contribution >= 0.6 is 11.3 Å². The van der Waals surface area contributed by atoms with Gasteiger partial charge in [-0.15, -0.1) is 11.3 Å². The maximum absolute atomic E-state index is 13.4. The number of nitrogens with zero attached hydrogens (tertiary/aromatic N) is 2. The average Bonchev–Trinajstić information content (AvgIpc) is 2.82. The maximum atomic E-state index is 13.4. The third-order valence-corrected chi connectivity index (χ3v) is 4.24. The molecule has 0 saturated heterocycles. The summed E-state index contributed by atoms with van der Waals surface area (Å²) < 4.78 is 27.2. The molecule has 1 heterocycles. The molecule has 0 unspecified atom stereocenters. The summed E-state index contributed by atoms with van der Waals surface area (Å²) >= 11 is 1.07. The van der Waals surface area contributed by atoms with Crippen molar-refractivity contribution in [2.45, 2.75) is 0 Å². The van der Waals surface area contributed by atoms with Crippen molar-refractivity contribution in [1.29, 1.82) is 5.26 Å². The van der Waals surface area contributed by atoms with E-state index in [0.717, 1.165) is 29.5 Å². The molecule has 0 spiro atoms. The third kappa shape index (κ3) is 2.69. The van der Waals surface area contributed by atoms with E-state index in [9.17, 15) is 24.2 Å². The summed E-state index contributed by atoms with van der Waals surface area (Å²) in [6, 6.07) is 8.94. The molecule has 5 nitrogen and oxygen atoms in total. The molecule has 8 heteroatoms. The molecule has 0 atom stereocenters. The molecule has 0 aliphatic carbocycles. The van der Waals surface area contributed by atoms with E-state index < -0.39 is 16.6 Å². The number of benzene rings is 2. The van der Waals surface area contributed by atoms with Crippen molar-refractivity contribution >= 4 is 37.8 Å². The number of halogens is 2. The Balaban J connectivity index is 2.14. The molecule has 3 rings (SSSR count). The van der Waals surface area contributed by atoms with Crippen LogP contribution in [-0.4, -0.2) is 4.92 Å². The van der Waals surface area contributed by atoms with E-state index in [1.807, 2.05) is 6.07 Å². The van der Waals surface area contributed by atoms with Gasteiger partial charge in [-0.25, -0.2) is 8.78 Å². The largest absolute Gasteiger partial charge is 0.340 e. The van der Waals surface area contributed by atoms with E-state index in [4.69, 9.17) is 0 Å². The van der Waals surface area contributed by atoms with Crippen molar-refractivity contribution < 1.29 is 13.7 Å². The second-order valence-corrected chi connectivity index (χ2v) is 5.65. The topological polar surface area (TPSA) is 79.0 Å². The van der Waals surface area contributed by atoms with E-state index in [0.29, 0.717) is 15.1 Å². The quantitative estimate of drug-likeness (QED) is 0.557. The summed E-state index contributed by atoms with van der Waals surface area (Å²) in [6.07, 6.45) is 0. The molecular weight excluding hydrogens is 324 g/mol. The second kappa shape index (κ2) is 5.62. The number of nitrogens with one attached hydrogen (secondary N) is 1.